The number of carbonyl (C=O) groups excluding carboxylic acids is 2. The standard InChI is InChI=1S/C19H22N4O5/c1-26-16-8-12(13-9-17(24)21-19-14(13)10-20-22-19)2-3-15(16)28-11-18(25)23-4-6-27-7-5-23/h2-3,8,10,13H,4-7,9,11H2,1H3,(H2,20,21,22,24). The van der Waals surface area contributed by atoms with Gasteiger partial charge in [0.2, 0.25) is 5.91 Å². The second-order valence-electron chi connectivity index (χ2n) is 6.70. The van der Waals surface area contributed by atoms with Crippen LogP contribution in [0.15, 0.2) is 24.4 Å². The highest BCUT2D eigenvalue weighted by Crippen LogP contribution is 2.39. The number of ether oxygens (including phenoxy) is 3. The Balaban J connectivity index is 1.49. The van der Waals surface area contributed by atoms with E-state index in [-0.39, 0.29) is 24.3 Å². The first-order chi connectivity index (χ1) is 13.7. The van der Waals surface area contributed by atoms with Crippen LogP contribution in [-0.2, 0) is 14.3 Å². The fraction of sp³-hybridized carbons (Fsp3) is 0.421. The molecule has 0 saturated carbocycles. The molecule has 0 aliphatic carbocycles. The minimum absolute atomic E-state index is 0.0621. The normalized spacial score (nSPS) is 19.0. The molecule has 0 spiro atoms. The van der Waals surface area contributed by atoms with Gasteiger partial charge in [0.05, 0.1) is 26.5 Å². The number of methoxy groups -OCH3 is 1. The summed E-state index contributed by atoms with van der Waals surface area (Å²) in [4.78, 5) is 26.0. The molecule has 0 bridgehead atoms. The fourth-order valence-electron chi connectivity index (χ4n) is 3.51. The molecule has 2 N–H and O–H groups in total. The van der Waals surface area contributed by atoms with Gasteiger partial charge in [-0.3, -0.25) is 14.7 Å². The summed E-state index contributed by atoms with van der Waals surface area (Å²) < 4.78 is 16.4. The molecule has 28 heavy (non-hydrogen) atoms. The molecule has 2 aliphatic rings. The van der Waals surface area contributed by atoms with Crippen LogP contribution in [0.2, 0.25) is 0 Å². The predicted molar refractivity (Wildman–Crippen MR) is 99.6 cm³/mol. The molecule has 1 aromatic carbocycles. The van der Waals surface area contributed by atoms with Gasteiger partial charge >= 0.3 is 0 Å². The van der Waals surface area contributed by atoms with Crippen LogP contribution in [-0.4, -0.2) is 66.9 Å². The van der Waals surface area contributed by atoms with Gasteiger partial charge in [0.1, 0.15) is 5.82 Å². The van der Waals surface area contributed by atoms with Crippen LogP contribution in [0.4, 0.5) is 5.82 Å². The Bertz CT molecular complexity index is 875. The SMILES string of the molecule is COc1cc(C2CC(=O)Nc3[nH]ncc32)ccc1OCC(=O)N1CCOCC1. The molecule has 3 heterocycles. The molecule has 2 aromatic rings. The monoisotopic (exact) mass is 386 g/mol. The van der Waals surface area contributed by atoms with Crippen LogP contribution < -0.4 is 14.8 Å². The van der Waals surface area contributed by atoms with E-state index in [0.29, 0.717) is 50.0 Å². The molecule has 148 valence electrons. The quantitative estimate of drug-likeness (QED) is 0.798. The third kappa shape index (κ3) is 3.65. The average molecular weight is 386 g/mol. The number of morpholine rings is 1. The second-order valence-corrected chi connectivity index (χ2v) is 6.70. The topological polar surface area (TPSA) is 106 Å². The van der Waals surface area contributed by atoms with Crippen LogP contribution in [0.3, 0.4) is 0 Å². The Labute approximate surface area is 161 Å². The van der Waals surface area contributed by atoms with Crippen LogP contribution >= 0.6 is 0 Å². The summed E-state index contributed by atoms with van der Waals surface area (Å²) in [5.41, 5.74) is 1.85. The number of anilines is 1. The van der Waals surface area contributed by atoms with Gasteiger partial charge in [0.25, 0.3) is 5.91 Å². The fourth-order valence-corrected chi connectivity index (χ4v) is 3.51. The van der Waals surface area contributed by atoms with Crippen molar-refractivity contribution in [3.05, 3.63) is 35.5 Å². The number of nitrogens with zero attached hydrogens (tertiary/aromatic N) is 2. The number of hydrogen-bond donors (Lipinski definition) is 2. The van der Waals surface area contributed by atoms with E-state index >= 15 is 0 Å². The van der Waals surface area contributed by atoms with E-state index in [9.17, 15) is 9.59 Å². The zero-order valence-corrected chi connectivity index (χ0v) is 15.6. The maximum Gasteiger partial charge on any atom is 0.260 e. The largest absolute Gasteiger partial charge is 0.493 e. The third-order valence-electron chi connectivity index (χ3n) is 5.00. The number of hydrogen-bond acceptors (Lipinski definition) is 6. The molecular formula is C19H22N4O5. The molecule has 1 saturated heterocycles. The first-order valence-electron chi connectivity index (χ1n) is 9.15. The van der Waals surface area contributed by atoms with Crippen molar-refractivity contribution in [2.45, 2.75) is 12.3 Å². The number of aromatic amines is 1. The van der Waals surface area contributed by atoms with Crippen LogP contribution in [0.5, 0.6) is 11.5 Å². The summed E-state index contributed by atoms with van der Waals surface area (Å²) in [6, 6.07) is 5.50. The molecule has 2 aliphatic heterocycles. The molecule has 1 aromatic heterocycles. The molecule has 9 nitrogen and oxygen atoms in total. The Morgan fingerprint density at radius 1 is 1.32 bits per heavy atom. The summed E-state index contributed by atoms with van der Waals surface area (Å²) in [7, 11) is 1.55. The molecule has 2 amide bonds. The van der Waals surface area contributed by atoms with E-state index in [1.807, 2.05) is 12.1 Å². The van der Waals surface area contributed by atoms with E-state index in [1.165, 1.54) is 0 Å². The summed E-state index contributed by atoms with van der Waals surface area (Å²) in [5.74, 6) is 1.35. The number of rotatable bonds is 5. The smallest absolute Gasteiger partial charge is 0.260 e. The van der Waals surface area contributed by atoms with Crippen molar-refractivity contribution in [3.63, 3.8) is 0 Å². The number of H-pyrrole nitrogens is 1. The maximum atomic E-state index is 12.3. The van der Waals surface area contributed by atoms with Crippen LogP contribution in [0, 0.1) is 0 Å². The number of benzene rings is 1. The van der Waals surface area contributed by atoms with Gasteiger partial charge in [-0.1, -0.05) is 6.07 Å². The van der Waals surface area contributed by atoms with Gasteiger partial charge in [-0.2, -0.15) is 5.10 Å². The van der Waals surface area contributed by atoms with E-state index in [1.54, 1.807) is 24.3 Å². The molecule has 1 fully saturated rings. The minimum atomic E-state index is -0.125. The Kier molecular flexibility index (Phi) is 5.16. The lowest BCUT2D eigenvalue weighted by atomic mass is 9.87. The van der Waals surface area contributed by atoms with E-state index in [4.69, 9.17) is 14.2 Å². The van der Waals surface area contributed by atoms with Gasteiger partial charge in [0.15, 0.2) is 18.1 Å². The second kappa shape index (κ2) is 7.89. The molecule has 4 rings (SSSR count). The Morgan fingerprint density at radius 3 is 2.93 bits per heavy atom. The van der Waals surface area contributed by atoms with E-state index in [0.717, 1.165) is 11.1 Å². The van der Waals surface area contributed by atoms with Gasteiger partial charge in [-0.05, 0) is 17.7 Å². The lowest BCUT2D eigenvalue weighted by Gasteiger charge is -2.27. The summed E-state index contributed by atoms with van der Waals surface area (Å²) in [6.07, 6.45) is 2.04. The number of amides is 2. The zero-order valence-electron chi connectivity index (χ0n) is 15.6. The van der Waals surface area contributed by atoms with Gasteiger partial charge in [0, 0.05) is 31.0 Å². The Hall–Kier alpha value is -3.07. The third-order valence-corrected chi connectivity index (χ3v) is 5.00. The molecule has 9 heteroatoms. The number of nitrogens with one attached hydrogen (secondary N) is 2. The number of fused-ring (bicyclic) bond motifs is 1. The number of carbonyl (C=O) groups is 2. The van der Waals surface area contributed by atoms with Crippen molar-refractivity contribution in [1.29, 1.82) is 0 Å². The zero-order chi connectivity index (χ0) is 19.5. The van der Waals surface area contributed by atoms with E-state index < -0.39 is 0 Å². The summed E-state index contributed by atoms with van der Waals surface area (Å²) in [5, 5.41) is 9.60. The van der Waals surface area contributed by atoms with Crippen molar-refractivity contribution in [1.82, 2.24) is 15.1 Å². The van der Waals surface area contributed by atoms with Crippen molar-refractivity contribution < 1.29 is 23.8 Å². The van der Waals surface area contributed by atoms with Crippen LogP contribution in [0.1, 0.15) is 23.5 Å². The summed E-state index contributed by atoms with van der Waals surface area (Å²) >= 11 is 0. The van der Waals surface area contributed by atoms with Crippen molar-refractivity contribution in [2.24, 2.45) is 0 Å². The lowest BCUT2D eigenvalue weighted by Crippen LogP contribution is -2.43. The minimum Gasteiger partial charge on any atom is -0.493 e. The first-order valence-corrected chi connectivity index (χ1v) is 9.15. The van der Waals surface area contributed by atoms with Gasteiger partial charge in [-0.15, -0.1) is 0 Å². The molecule has 1 atom stereocenters. The van der Waals surface area contributed by atoms with Crippen molar-refractivity contribution in [2.75, 3.05) is 45.3 Å². The van der Waals surface area contributed by atoms with Gasteiger partial charge in [-0.25, -0.2) is 0 Å². The molecular weight excluding hydrogens is 364 g/mol. The molecule has 0 radical (unpaired) electrons. The highest BCUT2D eigenvalue weighted by molar-refractivity contribution is 5.94. The number of aromatic nitrogens is 2. The first kappa shape index (κ1) is 18.3. The Morgan fingerprint density at radius 2 is 2.14 bits per heavy atom. The summed E-state index contributed by atoms with van der Waals surface area (Å²) in [6.45, 7) is 2.20. The predicted octanol–water partition coefficient (Wildman–Crippen LogP) is 1.13. The molecule has 1 unspecified atom stereocenters. The van der Waals surface area contributed by atoms with Crippen molar-refractivity contribution in [3.8, 4) is 11.5 Å². The van der Waals surface area contributed by atoms with Crippen molar-refractivity contribution >= 4 is 17.6 Å². The maximum absolute atomic E-state index is 12.3. The average Bonchev–Trinajstić information content (AvgIpc) is 3.20. The lowest BCUT2D eigenvalue weighted by molar-refractivity contribution is -0.137. The van der Waals surface area contributed by atoms with E-state index in [2.05, 4.69) is 15.5 Å². The van der Waals surface area contributed by atoms with Crippen LogP contribution in [0.25, 0.3) is 0 Å². The highest BCUT2D eigenvalue weighted by Gasteiger charge is 2.29. The highest BCUT2D eigenvalue weighted by atomic mass is 16.5. The van der Waals surface area contributed by atoms with Gasteiger partial charge < -0.3 is 24.4 Å².